The van der Waals surface area contributed by atoms with Gasteiger partial charge in [-0.3, -0.25) is 4.79 Å². The zero-order chi connectivity index (χ0) is 14.7. The molecule has 0 aliphatic carbocycles. The van der Waals surface area contributed by atoms with E-state index < -0.39 is 0 Å². The summed E-state index contributed by atoms with van der Waals surface area (Å²) in [6.07, 6.45) is 1.55. The molecule has 2 atom stereocenters. The summed E-state index contributed by atoms with van der Waals surface area (Å²) < 4.78 is 11.0. The Balaban J connectivity index is 0.00000176. The number of rotatable bonds is 3. The molecular formula is C16H23ClN2O3. The number of halogens is 1. The van der Waals surface area contributed by atoms with Gasteiger partial charge in [0.2, 0.25) is 0 Å². The quantitative estimate of drug-likeness (QED) is 0.919. The lowest BCUT2D eigenvalue weighted by molar-refractivity contribution is -0.144. The number of piperazine rings is 1. The molecule has 2 unspecified atom stereocenters. The molecule has 122 valence electrons. The van der Waals surface area contributed by atoms with Gasteiger partial charge in [-0.2, -0.15) is 0 Å². The smallest absolute Gasteiger partial charge is 0.252 e. The van der Waals surface area contributed by atoms with Crippen molar-refractivity contribution in [3.63, 3.8) is 0 Å². The number of carbonyl (C=O) groups excluding carboxylic acids is 1. The lowest BCUT2D eigenvalue weighted by atomic mass is 10.0. The molecule has 2 aliphatic heterocycles. The second-order valence-corrected chi connectivity index (χ2v) is 5.50. The Morgan fingerprint density at radius 1 is 1.41 bits per heavy atom. The molecule has 0 spiro atoms. The van der Waals surface area contributed by atoms with Crippen molar-refractivity contribution in [1.82, 2.24) is 10.2 Å². The van der Waals surface area contributed by atoms with Crippen molar-refractivity contribution in [2.75, 3.05) is 33.4 Å². The molecule has 3 rings (SSSR count). The van der Waals surface area contributed by atoms with Gasteiger partial charge in [-0.15, -0.1) is 12.4 Å². The fourth-order valence-electron chi connectivity index (χ4n) is 3.15. The first kappa shape index (κ1) is 17.1. The summed E-state index contributed by atoms with van der Waals surface area (Å²) in [5, 5.41) is 3.37. The first-order valence-corrected chi connectivity index (χ1v) is 7.57. The van der Waals surface area contributed by atoms with Gasteiger partial charge in [-0.1, -0.05) is 18.2 Å². The molecule has 22 heavy (non-hydrogen) atoms. The van der Waals surface area contributed by atoms with Crippen molar-refractivity contribution >= 4 is 18.3 Å². The van der Waals surface area contributed by atoms with E-state index in [0.717, 1.165) is 37.2 Å². The monoisotopic (exact) mass is 326 g/mol. The normalized spacial score (nSPS) is 24.7. The third-order valence-corrected chi connectivity index (χ3v) is 4.23. The average molecular weight is 327 g/mol. The standard InChI is InChI=1S/C16H22N2O3.ClH/c1-20-14-6-3-2-5-12(14)13-11-17-8-9-18(13)16(19)15-7-4-10-21-15;/h2-3,5-6,13,15,17H,4,7-11H2,1H3;1H. The maximum atomic E-state index is 12.7. The van der Waals surface area contributed by atoms with E-state index in [4.69, 9.17) is 9.47 Å². The van der Waals surface area contributed by atoms with E-state index >= 15 is 0 Å². The Labute approximate surface area is 137 Å². The van der Waals surface area contributed by atoms with E-state index in [9.17, 15) is 4.79 Å². The second-order valence-electron chi connectivity index (χ2n) is 5.50. The fourth-order valence-corrected chi connectivity index (χ4v) is 3.15. The second kappa shape index (κ2) is 7.81. The molecule has 2 saturated heterocycles. The molecule has 1 amide bonds. The number of ether oxygens (including phenoxy) is 2. The van der Waals surface area contributed by atoms with Crippen LogP contribution in [0, 0.1) is 0 Å². The third-order valence-electron chi connectivity index (χ3n) is 4.23. The minimum atomic E-state index is -0.264. The highest BCUT2D eigenvalue weighted by Gasteiger charge is 2.35. The Morgan fingerprint density at radius 2 is 2.23 bits per heavy atom. The highest BCUT2D eigenvalue weighted by Crippen LogP contribution is 2.31. The molecule has 2 fully saturated rings. The van der Waals surface area contributed by atoms with Gasteiger partial charge in [-0.25, -0.2) is 0 Å². The Kier molecular flexibility index (Phi) is 6.06. The minimum absolute atomic E-state index is 0. The van der Waals surface area contributed by atoms with Crippen molar-refractivity contribution in [1.29, 1.82) is 0 Å². The summed E-state index contributed by atoms with van der Waals surface area (Å²) in [6, 6.07) is 7.92. The van der Waals surface area contributed by atoms with Gasteiger partial charge in [0, 0.05) is 31.8 Å². The fraction of sp³-hybridized carbons (Fsp3) is 0.562. The van der Waals surface area contributed by atoms with E-state index in [-0.39, 0.29) is 30.5 Å². The molecule has 0 aromatic heterocycles. The summed E-state index contributed by atoms with van der Waals surface area (Å²) >= 11 is 0. The van der Waals surface area contributed by atoms with Crippen LogP contribution in [0.1, 0.15) is 24.4 Å². The van der Waals surface area contributed by atoms with Gasteiger partial charge in [-0.05, 0) is 18.9 Å². The maximum absolute atomic E-state index is 12.7. The number of amides is 1. The van der Waals surface area contributed by atoms with Gasteiger partial charge in [0.25, 0.3) is 5.91 Å². The van der Waals surface area contributed by atoms with Gasteiger partial charge in [0.1, 0.15) is 11.9 Å². The molecule has 1 N–H and O–H groups in total. The van der Waals surface area contributed by atoms with E-state index in [1.807, 2.05) is 29.2 Å². The van der Waals surface area contributed by atoms with Crippen molar-refractivity contribution in [3.05, 3.63) is 29.8 Å². The van der Waals surface area contributed by atoms with E-state index in [0.29, 0.717) is 13.2 Å². The van der Waals surface area contributed by atoms with Crippen molar-refractivity contribution < 1.29 is 14.3 Å². The predicted octanol–water partition coefficient (Wildman–Crippen LogP) is 1.77. The lowest BCUT2D eigenvalue weighted by Gasteiger charge is -2.38. The van der Waals surface area contributed by atoms with Crippen LogP contribution in [-0.2, 0) is 9.53 Å². The molecule has 1 aromatic rings. The third kappa shape index (κ3) is 3.37. The maximum Gasteiger partial charge on any atom is 0.252 e. The van der Waals surface area contributed by atoms with Crippen LogP contribution < -0.4 is 10.1 Å². The Hall–Kier alpha value is -1.30. The number of carbonyl (C=O) groups is 1. The summed E-state index contributed by atoms with van der Waals surface area (Å²) in [4.78, 5) is 14.7. The number of nitrogens with one attached hydrogen (secondary N) is 1. The number of para-hydroxylation sites is 1. The molecule has 0 bridgehead atoms. The van der Waals surface area contributed by atoms with Crippen LogP contribution in [0.4, 0.5) is 0 Å². The van der Waals surface area contributed by atoms with Crippen LogP contribution in [0.25, 0.3) is 0 Å². The van der Waals surface area contributed by atoms with Crippen molar-refractivity contribution in [2.24, 2.45) is 0 Å². The molecule has 0 radical (unpaired) electrons. The summed E-state index contributed by atoms with van der Waals surface area (Å²) in [5.41, 5.74) is 1.05. The summed E-state index contributed by atoms with van der Waals surface area (Å²) in [6.45, 7) is 2.98. The van der Waals surface area contributed by atoms with Gasteiger partial charge < -0.3 is 19.7 Å². The number of methoxy groups -OCH3 is 1. The van der Waals surface area contributed by atoms with Crippen LogP contribution >= 0.6 is 12.4 Å². The molecule has 6 heteroatoms. The molecule has 2 aliphatic rings. The number of nitrogens with zero attached hydrogens (tertiary/aromatic N) is 1. The van der Waals surface area contributed by atoms with Crippen molar-refractivity contribution in [3.8, 4) is 5.75 Å². The highest BCUT2D eigenvalue weighted by molar-refractivity contribution is 5.85. The summed E-state index contributed by atoms with van der Waals surface area (Å²) in [5.74, 6) is 0.946. The zero-order valence-corrected chi connectivity index (χ0v) is 13.6. The Bertz CT molecular complexity index is 506. The van der Waals surface area contributed by atoms with Gasteiger partial charge in [0.15, 0.2) is 0 Å². The van der Waals surface area contributed by atoms with Crippen LogP contribution in [0.5, 0.6) is 5.75 Å². The van der Waals surface area contributed by atoms with E-state index in [1.54, 1.807) is 7.11 Å². The van der Waals surface area contributed by atoms with Crippen LogP contribution in [0.3, 0.4) is 0 Å². The average Bonchev–Trinajstić information content (AvgIpc) is 3.08. The lowest BCUT2D eigenvalue weighted by Crippen LogP contribution is -2.51. The largest absolute Gasteiger partial charge is 0.496 e. The predicted molar refractivity (Wildman–Crippen MR) is 86.5 cm³/mol. The molecule has 1 aromatic carbocycles. The van der Waals surface area contributed by atoms with Gasteiger partial charge in [0.05, 0.1) is 13.2 Å². The number of hydrogen-bond donors (Lipinski definition) is 1. The first-order valence-electron chi connectivity index (χ1n) is 7.57. The Morgan fingerprint density at radius 3 is 2.95 bits per heavy atom. The summed E-state index contributed by atoms with van der Waals surface area (Å²) in [7, 11) is 1.67. The molecule has 5 nitrogen and oxygen atoms in total. The van der Waals surface area contributed by atoms with Gasteiger partial charge >= 0.3 is 0 Å². The number of hydrogen-bond acceptors (Lipinski definition) is 4. The van der Waals surface area contributed by atoms with Crippen LogP contribution in [0.15, 0.2) is 24.3 Å². The van der Waals surface area contributed by atoms with Crippen molar-refractivity contribution in [2.45, 2.75) is 25.0 Å². The van der Waals surface area contributed by atoms with E-state index in [2.05, 4.69) is 5.32 Å². The van der Waals surface area contributed by atoms with Crippen LogP contribution in [-0.4, -0.2) is 50.3 Å². The van der Waals surface area contributed by atoms with Crippen LogP contribution in [0.2, 0.25) is 0 Å². The number of benzene rings is 1. The topological polar surface area (TPSA) is 50.8 Å². The minimum Gasteiger partial charge on any atom is -0.496 e. The zero-order valence-electron chi connectivity index (χ0n) is 12.8. The molecular weight excluding hydrogens is 304 g/mol. The molecule has 2 heterocycles. The molecule has 0 saturated carbocycles. The van der Waals surface area contributed by atoms with E-state index in [1.165, 1.54) is 0 Å². The first-order chi connectivity index (χ1) is 10.3. The highest BCUT2D eigenvalue weighted by atomic mass is 35.5. The SMILES string of the molecule is COc1ccccc1C1CNCCN1C(=O)C1CCCO1.Cl.